The molecule has 0 saturated heterocycles. The highest BCUT2D eigenvalue weighted by Crippen LogP contribution is 2.37. The Morgan fingerprint density at radius 2 is 1.26 bits per heavy atom. The number of nitrogens with one attached hydrogen (secondary N) is 2. The number of sulfonamides is 1. The molecule has 0 heterocycles. The Bertz CT molecular complexity index is 1330. The van der Waals surface area contributed by atoms with Crippen LogP contribution in [0.1, 0.15) is 57.8 Å². The van der Waals surface area contributed by atoms with Gasteiger partial charge in [0.1, 0.15) is 11.2 Å². The summed E-state index contributed by atoms with van der Waals surface area (Å²) in [4.78, 5) is 19.3. The van der Waals surface area contributed by atoms with Crippen molar-refractivity contribution in [2.24, 2.45) is 5.14 Å². The molecule has 1 aliphatic rings. The third kappa shape index (κ3) is 13.8. The molecule has 2 rings (SSSR count). The molecule has 18 heteroatoms. The van der Waals surface area contributed by atoms with E-state index in [9.17, 15) is 30.8 Å². The maximum atomic E-state index is 15.5. The molecule has 13 nitrogen and oxygen atoms in total. The highest BCUT2D eigenvalue weighted by molar-refractivity contribution is 7.91. The molecule has 1 aliphatic carbocycles. The van der Waals surface area contributed by atoms with Gasteiger partial charge in [0, 0.05) is 25.4 Å². The highest BCUT2D eigenvalue weighted by Gasteiger charge is 2.37. The molecule has 0 bridgehead atoms. The summed E-state index contributed by atoms with van der Waals surface area (Å²) in [5, 5.41) is 9.97. The van der Waals surface area contributed by atoms with Crippen LogP contribution in [0.4, 0.5) is 18.9 Å². The van der Waals surface area contributed by atoms with Crippen molar-refractivity contribution in [2.75, 3.05) is 70.5 Å². The second-order valence-corrected chi connectivity index (χ2v) is 14.1. The van der Waals surface area contributed by atoms with Crippen molar-refractivity contribution in [2.45, 2.75) is 73.6 Å². The second-order valence-electron chi connectivity index (χ2n) is 10.5. The van der Waals surface area contributed by atoms with Crippen LogP contribution in [0.2, 0.25) is 0 Å². The molecule has 0 aliphatic heterocycles. The van der Waals surface area contributed by atoms with Crippen LogP contribution < -0.4 is 15.8 Å². The molecule has 1 amide bonds. The van der Waals surface area contributed by atoms with Crippen molar-refractivity contribution in [3.63, 3.8) is 0 Å². The van der Waals surface area contributed by atoms with Gasteiger partial charge in [-0.05, 0) is 12.8 Å². The number of rotatable bonds is 22. The molecule has 264 valence electrons. The fourth-order valence-corrected chi connectivity index (χ4v) is 6.84. The van der Waals surface area contributed by atoms with Crippen LogP contribution >= 0.6 is 0 Å². The van der Waals surface area contributed by atoms with Crippen LogP contribution in [-0.4, -0.2) is 100 Å². The maximum Gasteiger partial charge on any atom is 0.244 e. The molecule has 46 heavy (non-hydrogen) atoms. The topological polar surface area (TPSA) is 189 Å². The third-order valence-electron chi connectivity index (χ3n) is 6.95. The zero-order valence-electron chi connectivity index (χ0n) is 25.7. The van der Waals surface area contributed by atoms with Crippen LogP contribution in [-0.2, 0) is 48.4 Å². The minimum Gasteiger partial charge on any atom is -0.379 e. The summed E-state index contributed by atoms with van der Waals surface area (Å²) in [5.74, 6) is -7.94. The second kappa shape index (κ2) is 20.8. The number of nitrogens with two attached hydrogens (primary N) is 1. The molecule has 1 saturated carbocycles. The van der Waals surface area contributed by atoms with Gasteiger partial charge in [0.25, 0.3) is 0 Å². The van der Waals surface area contributed by atoms with E-state index in [1.54, 1.807) is 0 Å². The first-order valence-electron chi connectivity index (χ1n) is 15.1. The predicted octanol–water partition coefficient (Wildman–Crippen LogP) is 2.21. The van der Waals surface area contributed by atoms with Gasteiger partial charge >= 0.3 is 0 Å². The van der Waals surface area contributed by atoms with Crippen molar-refractivity contribution in [3.8, 4) is 0 Å². The van der Waals surface area contributed by atoms with Crippen molar-refractivity contribution in [1.82, 2.24) is 5.32 Å². The van der Waals surface area contributed by atoms with E-state index in [1.165, 1.54) is 0 Å². The molecule has 0 aromatic heterocycles. The lowest BCUT2D eigenvalue weighted by molar-refractivity contribution is -0.121. The summed E-state index contributed by atoms with van der Waals surface area (Å²) in [7, 11) is -9.95. The Morgan fingerprint density at radius 3 is 1.80 bits per heavy atom. The number of carbonyl (C=O) groups is 2. The molecule has 1 aromatic carbocycles. The summed E-state index contributed by atoms with van der Waals surface area (Å²) >= 11 is 0. The van der Waals surface area contributed by atoms with E-state index in [0.717, 1.165) is 25.5 Å². The van der Waals surface area contributed by atoms with Crippen LogP contribution in [0, 0.1) is 17.5 Å². The number of hydrogen-bond donors (Lipinski definition) is 3. The Kier molecular flexibility index (Phi) is 18.0. The number of aldehydes is 1. The lowest BCUT2D eigenvalue weighted by atomic mass is 9.96. The van der Waals surface area contributed by atoms with Crippen LogP contribution in [0.3, 0.4) is 0 Å². The summed E-state index contributed by atoms with van der Waals surface area (Å²) in [6.07, 6.45) is 5.52. The van der Waals surface area contributed by atoms with Crippen molar-refractivity contribution < 1.29 is 58.5 Å². The number of primary sulfonamides is 1. The van der Waals surface area contributed by atoms with Gasteiger partial charge in [-0.1, -0.05) is 32.1 Å². The van der Waals surface area contributed by atoms with Gasteiger partial charge in [-0.15, -0.1) is 0 Å². The van der Waals surface area contributed by atoms with Gasteiger partial charge in [0.05, 0.1) is 64.3 Å². The molecule has 0 spiro atoms. The first-order valence-corrected chi connectivity index (χ1v) is 18.3. The van der Waals surface area contributed by atoms with Crippen LogP contribution in [0.25, 0.3) is 0 Å². The standard InChI is InChI=1S/C28H44F3N3O10S2/c29-23-24(30)28(26(25(31)27(23)46(32,39)40)34-21-7-4-2-1-3-5-8-21)45(37,38)20-9-22(36)33-10-13-42-15-17-44-19-18-43-16-14-41-12-6-11-35/h11,21,34H,1-10,12-20H2,(H,33,36)(H2,32,39,40). The highest BCUT2D eigenvalue weighted by atomic mass is 32.2. The molecule has 0 atom stereocenters. The van der Waals surface area contributed by atoms with Gasteiger partial charge in [-0.25, -0.2) is 35.1 Å². The lowest BCUT2D eigenvalue weighted by Gasteiger charge is -2.25. The minimum absolute atomic E-state index is 0.0151. The van der Waals surface area contributed by atoms with Crippen molar-refractivity contribution in [3.05, 3.63) is 17.5 Å². The van der Waals surface area contributed by atoms with E-state index in [2.05, 4.69) is 10.6 Å². The maximum absolute atomic E-state index is 15.5. The zero-order chi connectivity index (χ0) is 34.0. The number of ether oxygens (including phenoxy) is 4. The first kappa shape index (κ1) is 39.8. The zero-order valence-corrected chi connectivity index (χ0v) is 27.3. The van der Waals surface area contributed by atoms with Gasteiger partial charge in [0.2, 0.25) is 15.9 Å². The van der Waals surface area contributed by atoms with E-state index in [4.69, 9.17) is 24.1 Å². The summed E-state index contributed by atoms with van der Waals surface area (Å²) < 4.78 is 117. The number of amides is 1. The van der Waals surface area contributed by atoms with E-state index < -0.39 is 76.9 Å². The van der Waals surface area contributed by atoms with Crippen molar-refractivity contribution in [1.29, 1.82) is 0 Å². The third-order valence-corrected chi connectivity index (χ3v) is 9.62. The first-order chi connectivity index (χ1) is 21.9. The van der Waals surface area contributed by atoms with Crippen LogP contribution in [0.5, 0.6) is 0 Å². The largest absolute Gasteiger partial charge is 0.379 e. The average Bonchev–Trinajstić information content (AvgIpc) is 2.97. The fourth-order valence-electron chi connectivity index (χ4n) is 4.67. The van der Waals surface area contributed by atoms with E-state index in [-0.39, 0.29) is 26.4 Å². The fraction of sp³-hybridized carbons (Fsp3) is 0.714. The Hall–Kier alpha value is -2.35. The number of benzene rings is 1. The Morgan fingerprint density at radius 1 is 0.761 bits per heavy atom. The smallest absolute Gasteiger partial charge is 0.244 e. The SMILES string of the molecule is NS(=O)(=O)c1c(F)c(F)c(S(=O)(=O)CCC(=O)NCCOCCOCCOCCOCCC=O)c(NC2CCCCCCC2)c1F. The monoisotopic (exact) mass is 703 g/mol. The Labute approximate surface area is 268 Å². The molecule has 0 unspecified atom stereocenters. The average molecular weight is 704 g/mol. The van der Waals surface area contributed by atoms with Gasteiger partial charge < -0.3 is 34.4 Å². The van der Waals surface area contributed by atoms with Crippen molar-refractivity contribution >= 4 is 37.7 Å². The molecular weight excluding hydrogens is 659 g/mol. The normalized spacial score (nSPS) is 14.9. The molecule has 1 fully saturated rings. The Balaban J connectivity index is 1.87. The van der Waals surface area contributed by atoms with E-state index in [1.807, 2.05) is 0 Å². The predicted molar refractivity (Wildman–Crippen MR) is 161 cm³/mol. The minimum atomic E-state index is -5.11. The van der Waals surface area contributed by atoms with Gasteiger partial charge in [0.15, 0.2) is 32.2 Å². The lowest BCUT2D eigenvalue weighted by Crippen LogP contribution is -2.30. The molecule has 4 N–H and O–H groups in total. The summed E-state index contributed by atoms with van der Waals surface area (Å²) in [6.45, 7) is 2.30. The molecule has 0 radical (unpaired) electrons. The van der Waals surface area contributed by atoms with E-state index >= 15 is 8.78 Å². The number of sulfone groups is 1. The summed E-state index contributed by atoms with van der Waals surface area (Å²) in [6, 6.07) is -0.533. The number of anilines is 1. The number of halogens is 3. The van der Waals surface area contributed by atoms with Crippen LogP contribution in [0.15, 0.2) is 9.79 Å². The number of hydrogen-bond acceptors (Lipinski definition) is 11. The quantitative estimate of drug-likeness (QED) is 0.0912. The van der Waals surface area contributed by atoms with Gasteiger partial charge in [-0.2, -0.15) is 0 Å². The van der Waals surface area contributed by atoms with Gasteiger partial charge in [-0.3, -0.25) is 4.79 Å². The van der Waals surface area contributed by atoms with E-state index in [0.29, 0.717) is 65.1 Å². The summed E-state index contributed by atoms with van der Waals surface area (Å²) in [5.41, 5.74) is -1.02. The molecular formula is C28H44F3N3O10S2. The molecule has 1 aromatic rings. The number of carbonyl (C=O) groups excluding carboxylic acids is 2.